The summed E-state index contributed by atoms with van der Waals surface area (Å²) in [6.07, 6.45) is 9.00. The minimum Gasteiger partial charge on any atom is -0.434 e. The van der Waals surface area contributed by atoms with Gasteiger partial charge >= 0.3 is 5.97 Å². The van der Waals surface area contributed by atoms with Crippen LogP contribution in [-0.2, 0) is 9.53 Å². The van der Waals surface area contributed by atoms with E-state index >= 15 is 0 Å². The van der Waals surface area contributed by atoms with Gasteiger partial charge in [-0.25, -0.2) is 0 Å². The standard InChI is InChI=1S/C15H26O2/c1-5-6-10-15(16)17-12-11-14(4)9-7-8-13(2)3/h11-13H,4-10H2,1-3H3. The number of rotatable bonds is 9. The topological polar surface area (TPSA) is 26.3 Å². The second-order valence-corrected chi connectivity index (χ2v) is 4.84. The van der Waals surface area contributed by atoms with Crippen LogP contribution in [0.1, 0.15) is 59.3 Å². The van der Waals surface area contributed by atoms with Gasteiger partial charge in [-0.15, -0.1) is 0 Å². The lowest BCUT2D eigenvalue weighted by Crippen LogP contribution is -1.98. The van der Waals surface area contributed by atoms with Gasteiger partial charge in [0.25, 0.3) is 0 Å². The number of unbranched alkanes of at least 4 members (excludes halogenated alkanes) is 1. The maximum atomic E-state index is 11.2. The van der Waals surface area contributed by atoms with E-state index in [1.165, 1.54) is 12.7 Å². The van der Waals surface area contributed by atoms with Crippen LogP contribution in [0.3, 0.4) is 0 Å². The molecule has 0 saturated carbocycles. The molecule has 0 unspecified atom stereocenters. The number of esters is 1. The Balaban J connectivity index is 3.62. The first-order chi connectivity index (χ1) is 8.06. The van der Waals surface area contributed by atoms with E-state index in [9.17, 15) is 4.79 Å². The Kier molecular flexibility index (Phi) is 9.50. The van der Waals surface area contributed by atoms with Gasteiger partial charge in [-0.3, -0.25) is 4.79 Å². The molecule has 0 spiro atoms. The molecule has 2 heteroatoms. The first-order valence-corrected chi connectivity index (χ1v) is 6.60. The first kappa shape index (κ1) is 16.0. The molecule has 0 aromatic heterocycles. The highest BCUT2D eigenvalue weighted by molar-refractivity contribution is 5.69. The van der Waals surface area contributed by atoms with Crippen LogP contribution in [0.15, 0.2) is 24.5 Å². The van der Waals surface area contributed by atoms with Gasteiger partial charge in [0.05, 0.1) is 6.26 Å². The lowest BCUT2D eigenvalue weighted by atomic mass is 10.0. The summed E-state index contributed by atoms with van der Waals surface area (Å²) in [5.74, 6) is 0.580. The molecule has 0 saturated heterocycles. The van der Waals surface area contributed by atoms with Crippen molar-refractivity contribution in [3.05, 3.63) is 24.5 Å². The van der Waals surface area contributed by atoms with Gasteiger partial charge in [0.2, 0.25) is 0 Å². The maximum absolute atomic E-state index is 11.2. The molecular weight excluding hydrogens is 212 g/mol. The first-order valence-electron chi connectivity index (χ1n) is 6.60. The average molecular weight is 238 g/mol. The van der Waals surface area contributed by atoms with Crippen LogP contribution in [0.2, 0.25) is 0 Å². The third-order valence-corrected chi connectivity index (χ3v) is 2.52. The third-order valence-electron chi connectivity index (χ3n) is 2.52. The summed E-state index contributed by atoms with van der Waals surface area (Å²) in [5.41, 5.74) is 1.02. The molecule has 0 atom stereocenters. The monoisotopic (exact) mass is 238 g/mol. The van der Waals surface area contributed by atoms with E-state index < -0.39 is 0 Å². The zero-order valence-electron chi connectivity index (χ0n) is 11.5. The minimum absolute atomic E-state index is 0.155. The molecule has 17 heavy (non-hydrogen) atoms. The normalized spacial score (nSPS) is 11.1. The molecule has 0 aliphatic rings. The lowest BCUT2D eigenvalue weighted by molar-refractivity contribution is -0.138. The largest absolute Gasteiger partial charge is 0.434 e. The van der Waals surface area contributed by atoms with Crippen molar-refractivity contribution in [2.24, 2.45) is 5.92 Å². The van der Waals surface area contributed by atoms with E-state index in [0.29, 0.717) is 6.42 Å². The highest BCUT2D eigenvalue weighted by Crippen LogP contribution is 2.11. The van der Waals surface area contributed by atoms with E-state index in [-0.39, 0.29) is 5.97 Å². The lowest BCUT2D eigenvalue weighted by Gasteiger charge is -2.04. The molecule has 0 N–H and O–H groups in total. The van der Waals surface area contributed by atoms with Crippen molar-refractivity contribution in [3.63, 3.8) is 0 Å². The van der Waals surface area contributed by atoms with Gasteiger partial charge in [-0.1, -0.05) is 45.8 Å². The number of allylic oxidation sites excluding steroid dienone is 2. The summed E-state index contributed by atoms with van der Waals surface area (Å²) in [7, 11) is 0. The number of hydrogen-bond donors (Lipinski definition) is 0. The van der Waals surface area contributed by atoms with Crippen LogP contribution in [0, 0.1) is 5.92 Å². The molecule has 0 aliphatic heterocycles. The van der Waals surface area contributed by atoms with E-state index in [1.54, 1.807) is 6.08 Å². The van der Waals surface area contributed by atoms with E-state index in [4.69, 9.17) is 4.74 Å². The molecular formula is C15H26O2. The fourth-order valence-electron chi connectivity index (χ4n) is 1.41. The second-order valence-electron chi connectivity index (χ2n) is 4.84. The highest BCUT2D eigenvalue weighted by Gasteiger charge is 1.99. The highest BCUT2D eigenvalue weighted by atomic mass is 16.5. The summed E-state index contributed by atoms with van der Waals surface area (Å²) in [4.78, 5) is 11.2. The van der Waals surface area contributed by atoms with Crippen molar-refractivity contribution in [1.29, 1.82) is 0 Å². The molecule has 0 radical (unpaired) electrons. The van der Waals surface area contributed by atoms with Gasteiger partial charge in [0, 0.05) is 6.42 Å². The molecule has 2 nitrogen and oxygen atoms in total. The Morgan fingerprint density at radius 3 is 2.59 bits per heavy atom. The molecule has 0 aromatic carbocycles. The summed E-state index contributed by atoms with van der Waals surface area (Å²) in [6, 6.07) is 0. The molecule has 0 rings (SSSR count). The Hall–Kier alpha value is -1.05. The quantitative estimate of drug-likeness (QED) is 0.333. The van der Waals surface area contributed by atoms with Crippen LogP contribution in [0.5, 0.6) is 0 Å². The van der Waals surface area contributed by atoms with Crippen LogP contribution in [0.4, 0.5) is 0 Å². The zero-order chi connectivity index (χ0) is 13.1. The summed E-state index contributed by atoms with van der Waals surface area (Å²) >= 11 is 0. The second kappa shape index (κ2) is 10.1. The average Bonchev–Trinajstić information content (AvgIpc) is 2.25. The Morgan fingerprint density at radius 1 is 1.29 bits per heavy atom. The van der Waals surface area contributed by atoms with Crippen LogP contribution in [-0.4, -0.2) is 5.97 Å². The number of hydrogen-bond acceptors (Lipinski definition) is 2. The molecule has 0 fully saturated rings. The summed E-state index contributed by atoms with van der Waals surface area (Å²) in [5, 5.41) is 0. The van der Waals surface area contributed by atoms with Gasteiger partial charge in [0.15, 0.2) is 0 Å². The van der Waals surface area contributed by atoms with Crippen LogP contribution in [0.25, 0.3) is 0 Å². The SMILES string of the molecule is C=C(C=COC(=O)CCCC)CCCC(C)C. The fraction of sp³-hybridized carbons (Fsp3) is 0.667. The van der Waals surface area contributed by atoms with E-state index in [0.717, 1.165) is 37.2 Å². The number of carbonyl (C=O) groups excluding carboxylic acids is 1. The van der Waals surface area contributed by atoms with E-state index in [1.807, 2.05) is 0 Å². The third kappa shape index (κ3) is 11.2. The summed E-state index contributed by atoms with van der Waals surface area (Å²) in [6.45, 7) is 10.4. The smallest absolute Gasteiger partial charge is 0.310 e. The Morgan fingerprint density at radius 2 is 2.00 bits per heavy atom. The Labute approximate surface area is 106 Å². The van der Waals surface area contributed by atoms with Gasteiger partial charge in [0.1, 0.15) is 0 Å². The van der Waals surface area contributed by atoms with Crippen LogP contribution >= 0.6 is 0 Å². The van der Waals surface area contributed by atoms with Crippen molar-refractivity contribution >= 4 is 5.97 Å². The zero-order valence-corrected chi connectivity index (χ0v) is 11.5. The van der Waals surface area contributed by atoms with Gasteiger partial charge in [-0.2, -0.15) is 0 Å². The molecule has 98 valence electrons. The molecule has 0 aromatic rings. The van der Waals surface area contributed by atoms with Gasteiger partial charge < -0.3 is 4.74 Å². The molecule has 0 aliphatic carbocycles. The van der Waals surface area contributed by atoms with Crippen molar-refractivity contribution in [3.8, 4) is 0 Å². The summed E-state index contributed by atoms with van der Waals surface area (Å²) < 4.78 is 4.96. The number of carbonyl (C=O) groups is 1. The van der Waals surface area contributed by atoms with Crippen molar-refractivity contribution in [2.75, 3.05) is 0 Å². The van der Waals surface area contributed by atoms with Crippen molar-refractivity contribution < 1.29 is 9.53 Å². The molecule has 0 bridgehead atoms. The predicted octanol–water partition coefficient (Wildman–Crippen LogP) is 4.62. The molecule has 0 heterocycles. The van der Waals surface area contributed by atoms with Gasteiger partial charge in [-0.05, 0) is 31.3 Å². The maximum Gasteiger partial charge on any atom is 0.310 e. The van der Waals surface area contributed by atoms with Crippen molar-refractivity contribution in [1.82, 2.24) is 0 Å². The van der Waals surface area contributed by atoms with Crippen LogP contribution < -0.4 is 0 Å². The predicted molar refractivity (Wildman–Crippen MR) is 72.6 cm³/mol. The van der Waals surface area contributed by atoms with Crippen molar-refractivity contribution in [2.45, 2.75) is 59.3 Å². The van der Waals surface area contributed by atoms with E-state index in [2.05, 4.69) is 27.4 Å². The minimum atomic E-state index is -0.155. The molecule has 0 amide bonds. The fourth-order valence-corrected chi connectivity index (χ4v) is 1.41. The number of ether oxygens (including phenoxy) is 1. The Bertz CT molecular complexity index is 252.